The third-order valence-electron chi connectivity index (χ3n) is 3.29. The molecule has 18 heavy (non-hydrogen) atoms. The minimum absolute atomic E-state index is 0.191. The quantitative estimate of drug-likeness (QED) is 0.780. The van der Waals surface area contributed by atoms with Gasteiger partial charge in [0.1, 0.15) is 0 Å². The van der Waals surface area contributed by atoms with Crippen LogP contribution in [0.5, 0.6) is 0 Å². The highest BCUT2D eigenvalue weighted by Gasteiger charge is 2.20. The summed E-state index contributed by atoms with van der Waals surface area (Å²) in [6, 6.07) is 8.57. The first-order valence-electron chi connectivity index (χ1n) is 6.48. The molecule has 2 rings (SSSR count). The smallest absolute Gasteiger partial charge is 0.232 e. The molecule has 1 aliphatic rings. The molecule has 0 bridgehead atoms. The van der Waals surface area contributed by atoms with Gasteiger partial charge in [0.15, 0.2) is 0 Å². The molecule has 0 aliphatic carbocycles. The second kappa shape index (κ2) is 5.35. The van der Waals surface area contributed by atoms with Gasteiger partial charge in [-0.15, -0.1) is 11.8 Å². The molecule has 0 radical (unpaired) electrons. The molecule has 1 aromatic rings. The van der Waals surface area contributed by atoms with Gasteiger partial charge in [-0.1, -0.05) is 32.9 Å². The molecule has 1 saturated heterocycles. The van der Waals surface area contributed by atoms with E-state index in [2.05, 4.69) is 45.0 Å². The second-order valence-electron chi connectivity index (χ2n) is 5.80. The van der Waals surface area contributed by atoms with Crippen LogP contribution in [0.15, 0.2) is 29.2 Å². The van der Waals surface area contributed by atoms with Gasteiger partial charge in [-0.3, -0.25) is 4.79 Å². The number of amides is 1. The second-order valence-corrected chi connectivity index (χ2v) is 6.85. The molecular weight excluding hydrogens is 242 g/mol. The Morgan fingerprint density at radius 1 is 1.22 bits per heavy atom. The van der Waals surface area contributed by atoms with Gasteiger partial charge in [0, 0.05) is 18.0 Å². The summed E-state index contributed by atoms with van der Waals surface area (Å²) in [5.41, 5.74) is 1.53. The average molecular weight is 263 g/mol. The summed E-state index contributed by atoms with van der Waals surface area (Å²) in [6.07, 6.45) is 1.16. The highest BCUT2D eigenvalue weighted by molar-refractivity contribution is 8.00. The van der Waals surface area contributed by atoms with Crippen molar-refractivity contribution in [2.75, 3.05) is 18.8 Å². The number of rotatable bonds is 3. The highest BCUT2D eigenvalue weighted by atomic mass is 32.2. The standard InChI is InChI=1S/C15H21NOS/c1-15(2,3)12-5-7-13(8-6-12)18-11-14(17)16-9-4-10-16/h5-8H,4,9-11H2,1-3H3. The van der Waals surface area contributed by atoms with E-state index >= 15 is 0 Å². The topological polar surface area (TPSA) is 20.3 Å². The Bertz CT molecular complexity index is 415. The third kappa shape index (κ3) is 3.29. The van der Waals surface area contributed by atoms with Crippen LogP contribution >= 0.6 is 11.8 Å². The van der Waals surface area contributed by atoms with Crippen molar-refractivity contribution in [1.82, 2.24) is 4.90 Å². The monoisotopic (exact) mass is 263 g/mol. The van der Waals surface area contributed by atoms with Gasteiger partial charge in [0.05, 0.1) is 5.75 Å². The largest absolute Gasteiger partial charge is 0.342 e. The van der Waals surface area contributed by atoms with Crippen molar-refractivity contribution in [1.29, 1.82) is 0 Å². The number of hydrogen-bond donors (Lipinski definition) is 0. The number of hydrogen-bond acceptors (Lipinski definition) is 2. The molecule has 1 aromatic carbocycles. The highest BCUT2D eigenvalue weighted by Crippen LogP contribution is 2.26. The van der Waals surface area contributed by atoms with Crippen molar-refractivity contribution >= 4 is 17.7 Å². The van der Waals surface area contributed by atoms with Crippen LogP contribution < -0.4 is 0 Å². The van der Waals surface area contributed by atoms with Crippen molar-refractivity contribution in [3.63, 3.8) is 0 Å². The summed E-state index contributed by atoms with van der Waals surface area (Å²) in [5.74, 6) is 0.834. The van der Waals surface area contributed by atoms with E-state index in [0.29, 0.717) is 5.75 Å². The summed E-state index contributed by atoms with van der Waals surface area (Å²) >= 11 is 1.63. The molecule has 1 aliphatic heterocycles. The molecule has 0 spiro atoms. The van der Waals surface area contributed by atoms with Crippen LogP contribution in [0.4, 0.5) is 0 Å². The first kappa shape index (κ1) is 13.5. The van der Waals surface area contributed by atoms with Gasteiger partial charge in [-0.2, -0.15) is 0 Å². The fourth-order valence-corrected chi connectivity index (χ4v) is 2.65. The Labute approximate surface area is 114 Å². The van der Waals surface area contributed by atoms with Crippen LogP contribution in [0.2, 0.25) is 0 Å². The van der Waals surface area contributed by atoms with E-state index in [0.717, 1.165) is 19.5 Å². The summed E-state index contributed by atoms with van der Waals surface area (Å²) < 4.78 is 0. The molecule has 0 aromatic heterocycles. The number of nitrogens with zero attached hydrogens (tertiary/aromatic N) is 1. The zero-order chi connectivity index (χ0) is 13.2. The predicted molar refractivity (Wildman–Crippen MR) is 77.1 cm³/mol. The number of carbonyl (C=O) groups excluding carboxylic acids is 1. The minimum Gasteiger partial charge on any atom is -0.342 e. The van der Waals surface area contributed by atoms with E-state index in [1.54, 1.807) is 11.8 Å². The Morgan fingerprint density at radius 2 is 1.83 bits per heavy atom. The fraction of sp³-hybridized carbons (Fsp3) is 0.533. The lowest BCUT2D eigenvalue weighted by Gasteiger charge is -2.30. The molecule has 0 N–H and O–H groups in total. The lowest BCUT2D eigenvalue weighted by atomic mass is 9.87. The lowest BCUT2D eigenvalue weighted by Crippen LogP contribution is -2.42. The van der Waals surface area contributed by atoms with E-state index in [9.17, 15) is 4.79 Å². The Kier molecular flexibility index (Phi) is 4.00. The van der Waals surface area contributed by atoms with Crippen molar-refractivity contribution in [3.8, 4) is 0 Å². The van der Waals surface area contributed by atoms with Crippen LogP contribution in [-0.2, 0) is 10.2 Å². The summed E-state index contributed by atoms with van der Waals surface area (Å²) in [6.45, 7) is 8.53. The molecule has 1 amide bonds. The zero-order valence-corrected chi connectivity index (χ0v) is 12.2. The van der Waals surface area contributed by atoms with Crippen LogP contribution in [0, 0.1) is 0 Å². The first-order valence-corrected chi connectivity index (χ1v) is 7.46. The van der Waals surface area contributed by atoms with Gasteiger partial charge in [-0.25, -0.2) is 0 Å². The molecule has 3 heteroatoms. The van der Waals surface area contributed by atoms with Crippen molar-refractivity contribution in [2.45, 2.75) is 37.5 Å². The Hall–Kier alpha value is -0.960. The maximum Gasteiger partial charge on any atom is 0.232 e. The van der Waals surface area contributed by atoms with E-state index in [1.165, 1.54) is 10.5 Å². The van der Waals surface area contributed by atoms with Gasteiger partial charge >= 0.3 is 0 Å². The van der Waals surface area contributed by atoms with E-state index in [-0.39, 0.29) is 11.3 Å². The van der Waals surface area contributed by atoms with Gasteiger partial charge in [0.25, 0.3) is 0 Å². The van der Waals surface area contributed by atoms with E-state index < -0.39 is 0 Å². The molecule has 0 saturated carbocycles. The Balaban J connectivity index is 1.88. The van der Waals surface area contributed by atoms with Gasteiger partial charge < -0.3 is 4.90 Å². The van der Waals surface area contributed by atoms with Gasteiger partial charge in [-0.05, 0) is 29.5 Å². The number of carbonyl (C=O) groups is 1. The number of likely N-dealkylation sites (tertiary alicyclic amines) is 1. The van der Waals surface area contributed by atoms with Crippen molar-refractivity contribution in [2.24, 2.45) is 0 Å². The maximum atomic E-state index is 11.7. The van der Waals surface area contributed by atoms with Crippen LogP contribution in [0.25, 0.3) is 0 Å². The van der Waals surface area contributed by atoms with Gasteiger partial charge in [0.2, 0.25) is 5.91 Å². The molecule has 1 heterocycles. The lowest BCUT2D eigenvalue weighted by molar-refractivity contribution is -0.131. The molecule has 1 fully saturated rings. The molecule has 2 nitrogen and oxygen atoms in total. The summed E-state index contributed by atoms with van der Waals surface area (Å²) in [5, 5.41) is 0. The summed E-state index contributed by atoms with van der Waals surface area (Å²) in [4.78, 5) is 14.8. The number of benzene rings is 1. The van der Waals surface area contributed by atoms with Crippen molar-refractivity contribution in [3.05, 3.63) is 29.8 Å². The molecule has 0 atom stereocenters. The normalized spacial score (nSPS) is 15.4. The molecule has 0 unspecified atom stereocenters. The number of thioether (sulfide) groups is 1. The van der Waals surface area contributed by atoms with E-state index in [4.69, 9.17) is 0 Å². The third-order valence-corrected chi connectivity index (χ3v) is 4.29. The predicted octanol–water partition coefficient (Wildman–Crippen LogP) is 3.31. The van der Waals surface area contributed by atoms with Crippen molar-refractivity contribution < 1.29 is 4.79 Å². The fourth-order valence-electron chi connectivity index (χ4n) is 1.85. The van der Waals surface area contributed by atoms with Crippen LogP contribution in [-0.4, -0.2) is 29.6 Å². The minimum atomic E-state index is 0.191. The molecule has 98 valence electrons. The zero-order valence-electron chi connectivity index (χ0n) is 11.4. The van der Waals surface area contributed by atoms with E-state index in [1.807, 2.05) is 4.90 Å². The maximum absolute atomic E-state index is 11.7. The average Bonchev–Trinajstić information content (AvgIpc) is 2.23. The van der Waals surface area contributed by atoms with Crippen LogP contribution in [0.3, 0.4) is 0 Å². The van der Waals surface area contributed by atoms with Crippen LogP contribution in [0.1, 0.15) is 32.8 Å². The Morgan fingerprint density at radius 3 is 2.28 bits per heavy atom. The molecular formula is C15H21NOS. The first-order chi connectivity index (χ1) is 8.47. The summed E-state index contributed by atoms with van der Waals surface area (Å²) in [7, 11) is 0. The SMILES string of the molecule is CC(C)(C)c1ccc(SCC(=O)N2CCC2)cc1.